The van der Waals surface area contributed by atoms with Gasteiger partial charge in [-0.05, 0) is 60.4 Å². The maximum Gasteiger partial charge on any atom is 0.227 e. The third-order valence-electron chi connectivity index (χ3n) is 6.64. The van der Waals surface area contributed by atoms with Crippen molar-refractivity contribution in [3.63, 3.8) is 0 Å². The Morgan fingerprint density at radius 2 is 1.57 bits per heavy atom. The summed E-state index contributed by atoms with van der Waals surface area (Å²) < 4.78 is 5.27. The van der Waals surface area contributed by atoms with Crippen LogP contribution in [0.5, 0.6) is 5.75 Å². The van der Waals surface area contributed by atoms with E-state index in [4.69, 9.17) is 26.3 Å². The van der Waals surface area contributed by atoms with Crippen molar-refractivity contribution in [1.82, 2.24) is 9.97 Å². The minimum absolute atomic E-state index is 0.0892. The van der Waals surface area contributed by atoms with Gasteiger partial charge in [-0.2, -0.15) is 4.98 Å². The lowest BCUT2D eigenvalue weighted by atomic mass is 9.75. The first kappa shape index (κ1) is 23.4. The third-order valence-corrected chi connectivity index (χ3v) is 6.90. The molecule has 1 aromatic heterocycles. The predicted molar refractivity (Wildman–Crippen MR) is 141 cm³/mol. The van der Waals surface area contributed by atoms with Crippen molar-refractivity contribution in [3.8, 4) is 5.75 Å². The number of fused-ring (bicyclic) bond motifs is 1. The number of benzene rings is 2. The van der Waals surface area contributed by atoms with E-state index in [9.17, 15) is 4.79 Å². The Balaban J connectivity index is 1.43. The van der Waals surface area contributed by atoms with Crippen LogP contribution in [0.15, 0.2) is 48.5 Å². The minimum Gasteiger partial charge on any atom is -0.497 e. The standard InChI is InChI=1S/C27H30ClN5O2/c1-27(2)16-22-24(23(34)17-27)25(29-19-6-10-21(35-3)11-7-19)31-26(30-22)33-14-12-32(13-15-33)20-8-4-18(28)5-9-20/h4-11H,12-17H2,1-3H3,(H,29,30,31). The monoisotopic (exact) mass is 491 g/mol. The van der Waals surface area contributed by atoms with Crippen molar-refractivity contribution in [3.05, 3.63) is 64.8 Å². The quantitative estimate of drug-likeness (QED) is 0.514. The van der Waals surface area contributed by atoms with Gasteiger partial charge in [-0.15, -0.1) is 0 Å². The summed E-state index contributed by atoms with van der Waals surface area (Å²) >= 11 is 6.05. The van der Waals surface area contributed by atoms with Crippen molar-refractivity contribution in [2.24, 2.45) is 5.41 Å². The van der Waals surface area contributed by atoms with Crippen LogP contribution in [0.1, 0.15) is 36.3 Å². The number of aromatic nitrogens is 2. The number of carbonyl (C=O) groups excluding carboxylic acids is 1. The van der Waals surface area contributed by atoms with Gasteiger partial charge in [0.25, 0.3) is 0 Å². The van der Waals surface area contributed by atoms with E-state index in [1.807, 2.05) is 36.4 Å². The Kier molecular flexibility index (Phi) is 6.28. The molecular formula is C27H30ClN5O2. The number of Topliss-reactive ketones (excluding diaryl/α,β-unsaturated/α-hetero) is 1. The molecule has 1 aliphatic heterocycles. The Bertz CT molecular complexity index is 1220. The smallest absolute Gasteiger partial charge is 0.227 e. The van der Waals surface area contributed by atoms with Crippen molar-refractivity contribution < 1.29 is 9.53 Å². The van der Waals surface area contributed by atoms with Crippen LogP contribution in [0, 0.1) is 5.41 Å². The number of piperazine rings is 1. The first-order valence-corrected chi connectivity index (χ1v) is 12.3. The van der Waals surface area contributed by atoms with Gasteiger partial charge < -0.3 is 19.9 Å². The van der Waals surface area contributed by atoms with Crippen LogP contribution < -0.4 is 19.9 Å². The van der Waals surface area contributed by atoms with Gasteiger partial charge in [0.15, 0.2) is 5.78 Å². The van der Waals surface area contributed by atoms with E-state index < -0.39 is 0 Å². The Morgan fingerprint density at radius 3 is 2.23 bits per heavy atom. The van der Waals surface area contributed by atoms with Gasteiger partial charge in [-0.25, -0.2) is 4.98 Å². The summed E-state index contributed by atoms with van der Waals surface area (Å²) in [6.07, 6.45) is 1.23. The molecule has 5 rings (SSSR count). The van der Waals surface area contributed by atoms with Crippen LogP contribution in [-0.2, 0) is 6.42 Å². The summed E-state index contributed by atoms with van der Waals surface area (Å²) in [6.45, 7) is 7.54. The molecular weight excluding hydrogens is 462 g/mol. The Hall–Kier alpha value is -3.32. The molecule has 2 aromatic carbocycles. The molecule has 1 aliphatic carbocycles. The lowest BCUT2D eigenvalue weighted by Crippen LogP contribution is -2.47. The lowest BCUT2D eigenvalue weighted by molar-refractivity contribution is 0.0911. The number of methoxy groups -OCH3 is 1. The van der Waals surface area contributed by atoms with Gasteiger partial charge in [0.1, 0.15) is 11.6 Å². The van der Waals surface area contributed by atoms with Crippen molar-refractivity contribution in [2.45, 2.75) is 26.7 Å². The number of hydrogen-bond acceptors (Lipinski definition) is 7. The summed E-state index contributed by atoms with van der Waals surface area (Å²) in [7, 11) is 1.64. The fourth-order valence-corrected chi connectivity index (χ4v) is 4.94. The second-order valence-electron chi connectivity index (χ2n) is 9.94. The second-order valence-corrected chi connectivity index (χ2v) is 10.4. The van der Waals surface area contributed by atoms with Crippen molar-refractivity contribution in [1.29, 1.82) is 0 Å². The molecule has 1 saturated heterocycles. The molecule has 0 bridgehead atoms. The highest BCUT2D eigenvalue weighted by atomic mass is 35.5. The van der Waals surface area contributed by atoms with E-state index in [1.54, 1.807) is 7.11 Å². The van der Waals surface area contributed by atoms with Crippen LogP contribution in [-0.4, -0.2) is 49.0 Å². The maximum atomic E-state index is 13.2. The van der Waals surface area contributed by atoms with Crippen LogP contribution in [0.4, 0.5) is 23.1 Å². The first-order valence-electron chi connectivity index (χ1n) is 11.9. The molecule has 8 heteroatoms. The fourth-order valence-electron chi connectivity index (χ4n) is 4.81. The van der Waals surface area contributed by atoms with Gasteiger partial charge >= 0.3 is 0 Å². The number of nitrogens with zero attached hydrogens (tertiary/aromatic N) is 4. The summed E-state index contributed by atoms with van der Waals surface area (Å²) in [5, 5.41) is 4.12. The van der Waals surface area contributed by atoms with Gasteiger partial charge in [0, 0.05) is 49.0 Å². The van der Waals surface area contributed by atoms with E-state index >= 15 is 0 Å². The average Bonchev–Trinajstić information content (AvgIpc) is 2.84. The summed E-state index contributed by atoms with van der Waals surface area (Å²) in [5.74, 6) is 2.11. The molecule has 3 aromatic rings. The molecule has 0 unspecified atom stereocenters. The zero-order valence-corrected chi connectivity index (χ0v) is 21.1. The summed E-state index contributed by atoms with van der Waals surface area (Å²) in [5.41, 5.74) is 3.33. The number of anilines is 4. The molecule has 0 radical (unpaired) electrons. The molecule has 182 valence electrons. The molecule has 35 heavy (non-hydrogen) atoms. The Morgan fingerprint density at radius 1 is 0.914 bits per heavy atom. The maximum absolute atomic E-state index is 13.2. The number of rotatable bonds is 5. The van der Waals surface area contributed by atoms with Gasteiger partial charge in [0.2, 0.25) is 5.95 Å². The van der Waals surface area contributed by atoms with E-state index in [0.29, 0.717) is 23.8 Å². The van der Waals surface area contributed by atoms with E-state index in [1.165, 1.54) is 0 Å². The Labute approximate surface area is 211 Å². The van der Waals surface area contributed by atoms with Crippen molar-refractivity contribution in [2.75, 3.05) is 48.4 Å². The number of ketones is 1. The van der Waals surface area contributed by atoms with Crippen molar-refractivity contribution >= 4 is 40.5 Å². The van der Waals surface area contributed by atoms with Gasteiger partial charge in [-0.3, -0.25) is 4.79 Å². The summed E-state index contributed by atoms with van der Waals surface area (Å²) in [6, 6.07) is 15.6. The molecule has 1 N–H and O–H groups in total. The SMILES string of the molecule is COc1ccc(Nc2nc(N3CCN(c4ccc(Cl)cc4)CC3)nc3c2C(=O)CC(C)(C)C3)cc1. The average molecular weight is 492 g/mol. The van der Waals surface area contributed by atoms with Crippen LogP contribution in [0.2, 0.25) is 5.02 Å². The third kappa shape index (κ3) is 5.05. The normalized spacial score (nSPS) is 17.2. The van der Waals surface area contributed by atoms with E-state index in [0.717, 1.165) is 60.4 Å². The highest BCUT2D eigenvalue weighted by Gasteiger charge is 2.35. The highest BCUT2D eigenvalue weighted by molar-refractivity contribution is 6.30. The zero-order chi connectivity index (χ0) is 24.6. The molecule has 0 amide bonds. The summed E-state index contributed by atoms with van der Waals surface area (Å²) in [4.78, 5) is 27.5. The van der Waals surface area contributed by atoms with Gasteiger partial charge in [0.05, 0.1) is 18.4 Å². The molecule has 7 nitrogen and oxygen atoms in total. The first-order chi connectivity index (χ1) is 16.8. The van der Waals surface area contributed by atoms with Gasteiger partial charge in [-0.1, -0.05) is 25.4 Å². The van der Waals surface area contributed by atoms with E-state index in [2.05, 4.69) is 41.1 Å². The lowest BCUT2D eigenvalue weighted by Gasteiger charge is -2.37. The number of halogens is 1. The van der Waals surface area contributed by atoms with Crippen LogP contribution in [0.3, 0.4) is 0 Å². The number of hydrogen-bond donors (Lipinski definition) is 1. The molecule has 0 spiro atoms. The topological polar surface area (TPSA) is 70.6 Å². The molecule has 0 saturated carbocycles. The highest BCUT2D eigenvalue weighted by Crippen LogP contribution is 2.38. The number of nitrogens with one attached hydrogen (secondary N) is 1. The largest absolute Gasteiger partial charge is 0.497 e. The molecule has 1 fully saturated rings. The number of carbonyl (C=O) groups is 1. The zero-order valence-electron chi connectivity index (χ0n) is 20.3. The fraction of sp³-hybridized carbons (Fsp3) is 0.370. The predicted octanol–water partition coefficient (Wildman–Crippen LogP) is 5.36. The van der Waals surface area contributed by atoms with Crippen LogP contribution in [0.25, 0.3) is 0 Å². The van der Waals surface area contributed by atoms with Crippen LogP contribution >= 0.6 is 11.6 Å². The molecule has 2 heterocycles. The minimum atomic E-state index is -0.125. The van der Waals surface area contributed by atoms with E-state index in [-0.39, 0.29) is 11.2 Å². The number of ether oxygens (including phenoxy) is 1. The second kappa shape index (κ2) is 9.38. The molecule has 0 atom stereocenters. The molecule has 2 aliphatic rings.